The van der Waals surface area contributed by atoms with Crippen LogP contribution < -0.4 is 0 Å². The number of hydrogen-bond donors (Lipinski definition) is 0. The van der Waals surface area contributed by atoms with Crippen molar-refractivity contribution in [3.05, 3.63) is 0 Å². The first-order valence-electron chi connectivity index (χ1n) is 7.67. The number of nitrogens with zero attached hydrogens (tertiary/aromatic N) is 4. The number of likely N-dealkylation sites (N-methyl/N-ethyl adjacent to an activating group) is 4. The van der Waals surface area contributed by atoms with Crippen molar-refractivity contribution < 1.29 is 0 Å². The summed E-state index contributed by atoms with van der Waals surface area (Å²) < 4.78 is 0. The first kappa shape index (κ1) is 16.9. The smallest absolute Gasteiger partial charge is 0.0229 e. The zero-order chi connectivity index (χ0) is 14.4. The molecule has 4 nitrogen and oxygen atoms in total. The average Bonchev–Trinajstić information content (AvgIpc) is 2.97. The fourth-order valence-corrected chi connectivity index (χ4v) is 2.85. The van der Waals surface area contributed by atoms with Gasteiger partial charge in [-0.15, -0.1) is 0 Å². The summed E-state index contributed by atoms with van der Waals surface area (Å²) >= 11 is 0. The van der Waals surface area contributed by atoms with Crippen molar-refractivity contribution in [2.75, 3.05) is 68.0 Å². The van der Waals surface area contributed by atoms with Gasteiger partial charge in [-0.1, -0.05) is 6.92 Å². The van der Waals surface area contributed by atoms with E-state index < -0.39 is 0 Å². The van der Waals surface area contributed by atoms with E-state index >= 15 is 0 Å². The highest BCUT2D eigenvalue weighted by atomic mass is 15.2. The first-order valence-corrected chi connectivity index (χ1v) is 7.67. The van der Waals surface area contributed by atoms with Crippen LogP contribution in [0.2, 0.25) is 0 Å². The van der Waals surface area contributed by atoms with Crippen LogP contribution in [0.3, 0.4) is 0 Å². The van der Waals surface area contributed by atoms with Crippen LogP contribution in [-0.2, 0) is 0 Å². The van der Waals surface area contributed by atoms with Crippen LogP contribution in [0.25, 0.3) is 0 Å². The zero-order valence-corrected chi connectivity index (χ0v) is 13.9. The van der Waals surface area contributed by atoms with Gasteiger partial charge in [0.1, 0.15) is 0 Å². The summed E-state index contributed by atoms with van der Waals surface area (Å²) in [6, 6.07) is 1.61. The highest BCUT2D eigenvalue weighted by molar-refractivity contribution is 4.79. The minimum absolute atomic E-state index is 0.801. The van der Waals surface area contributed by atoms with Gasteiger partial charge in [-0.2, -0.15) is 0 Å². The first-order chi connectivity index (χ1) is 8.93. The van der Waals surface area contributed by atoms with Gasteiger partial charge < -0.3 is 19.6 Å². The van der Waals surface area contributed by atoms with Gasteiger partial charge in [-0.3, -0.25) is 0 Å². The second kappa shape index (κ2) is 8.20. The Morgan fingerprint density at radius 2 is 1.42 bits per heavy atom. The predicted octanol–water partition coefficient (Wildman–Crippen LogP) is 0.894. The molecule has 0 amide bonds. The normalized spacial score (nSPS) is 29.1. The van der Waals surface area contributed by atoms with E-state index in [0.29, 0.717) is 0 Å². The number of rotatable bonds is 3. The fraction of sp³-hybridized carbons (Fsp3) is 1.00. The van der Waals surface area contributed by atoms with Crippen LogP contribution >= 0.6 is 0 Å². The van der Waals surface area contributed by atoms with Crippen molar-refractivity contribution >= 4 is 0 Å². The van der Waals surface area contributed by atoms with Crippen molar-refractivity contribution in [1.29, 1.82) is 0 Å². The molecular weight excluding hydrogens is 236 g/mol. The maximum absolute atomic E-state index is 2.50. The molecule has 0 aromatic heterocycles. The maximum atomic E-state index is 2.50. The number of likely N-dealkylation sites (tertiary alicyclic amines) is 2. The Balaban J connectivity index is 0.000000191. The molecule has 2 heterocycles. The van der Waals surface area contributed by atoms with Crippen LogP contribution in [0.5, 0.6) is 0 Å². The van der Waals surface area contributed by atoms with Crippen LogP contribution in [-0.4, -0.2) is 99.6 Å². The predicted molar refractivity (Wildman–Crippen MR) is 83.8 cm³/mol. The van der Waals surface area contributed by atoms with E-state index in [1.54, 1.807) is 0 Å². The Labute approximate surface area is 120 Å². The molecule has 0 unspecified atom stereocenters. The summed E-state index contributed by atoms with van der Waals surface area (Å²) in [6.45, 7) is 8.51. The summed E-state index contributed by atoms with van der Waals surface area (Å²) in [7, 11) is 10.8. The Kier molecular flexibility index (Phi) is 7.29. The second-order valence-corrected chi connectivity index (χ2v) is 6.47. The molecule has 2 atom stereocenters. The van der Waals surface area contributed by atoms with Crippen LogP contribution in [0, 0.1) is 0 Å². The average molecular weight is 270 g/mol. The van der Waals surface area contributed by atoms with Gasteiger partial charge >= 0.3 is 0 Å². The summed E-state index contributed by atoms with van der Waals surface area (Å²) in [5, 5.41) is 0. The second-order valence-electron chi connectivity index (χ2n) is 6.47. The van der Waals surface area contributed by atoms with E-state index in [1.165, 1.54) is 45.6 Å². The lowest BCUT2D eigenvalue weighted by molar-refractivity contribution is 0.275. The SMILES string of the molecule is CCN1CC[C@@H](N(C)C)C1.CN1CC[C@H](N(C)C)C1. The lowest BCUT2D eigenvalue weighted by atomic mass is 10.2. The third-order valence-electron chi connectivity index (χ3n) is 4.52. The molecule has 0 bridgehead atoms. The van der Waals surface area contributed by atoms with Crippen LogP contribution in [0.4, 0.5) is 0 Å². The molecule has 0 aromatic carbocycles. The van der Waals surface area contributed by atoms with Crippen molar-refractivity contribution in [2.45, 2.75) is 31.8 Å². The lowest BCUT2D eigenvalue weighted by Crippen LogP contribution is -2.31. The van der Waals surface area contributed by atoms with E-state index in [9.17, 15) is 0 Å². The van der Waals surface area contributed by atoms with E-state index in [1.807, 2.05) is 0 Å². The van der Waals surface area contributed by atoms with Gasteiger partial charge in [0.05, 0.1) is 0 Å². The van der Waals surface area contributed by atoms with Crippen molar-refractivity contribution in [3.63, 3.8) is 0 Å². The summed E-state index contributed by atoms with van der Waals surface area (Å²) in [5.41, 5.74) is 0. The highest BCUT2D eigenvalue weighted by Crippen LogP contribution is 2.11. The van der Waals surface area contributed by atoms with Crippen molar-refractivity contribution in [2.24, 2.45) is 0 Å². The Morgan fingerprint density at radius 1 is 0.895 bits per heavy atom. The van der Waals surface area contributed by atoms with Gasteiger partial charge in [0.2, 0.25) is 0 Å². The highest BCUT2D eigenvalue weighted by Gasteiger charge is 2.22. The minimum Gasteiger partial charge on any atom is -0.305 e. The topological polar surface area (TPSA) is 13.0 Å². The molecule has 0 saturated carbocycles. The summed E-state index contributed by atoms with van der Waals surface area (Å²) in [4.78, 5) is 9.52. The molecule has 2 aliphatic heterocycles. The molecule has 2 fully saturated rings. The van der Waals surface area contributed by atoms with E-state index in [-0.39, 0.29) is 0 Å². The quantitative estimate of drug-likeness (QED) is 0.755. The largest absolute Gasteiger partial charge is 0.305 e. The van der Waals surface area contributed by atoms with Crippen molar-refractivity contribution in [3.8, 4) is 0 Å². The zero-order valence-electron chi connectivity index (χ0n) is 13.9. The molecule has 19 heavy (non-hydrogen) atoms. The van der Waals surface area contributed by atoms with Crippen LogP contribution in [0.15, 0.2) is 0 Å². The molecule has 2 aliphatic rings. The molecule has 2 rings (SSSR count). The Hall–Kier alpha value is -0.160. The molecule has 2 saturated heterocycles. The van der Waals surface area contributed by atoms with Gasteiger partial charge in [-0.25, -0.2) is 0 Å². The van der Waals surface area contributed by atoms with E-state index in [0.717, 1.165) is 12.1 Å². The molecule has 114 valence electrons. The third-order valence-corrected chi connectivity index (χ3v) is 4.52. The van der Waals surface area contributed by atoms with Gasteiger partial charge in [0.25, 0.3) is 0 Å². The lowest BCUT2D eigenvalue weighted by Gasteiger charge is -2.19. The molecular formula is C15H34N4. The molecule has 0 N–H and O–H groups in total. The van der Waals surface area contributed by atoms with Gasteiger partial charge in [-0.05, 0) is 67.7 Å². The Bertz CT molecular complexity index is 242. The number of hydrogen-bond acceptors (Lipinski definition) is 4. The van der Waals surface area contributed by atoms with Gasteiger partial charge in [0, 0.05) is 25.2 Å². The Morgan fingerprint density at radius 3 is 1.68 bits per heavy atom. The fourth-order valence-electron chi connectivity index (χ4n) is 2.85. The standard InChI is InChI=1S/C8H18N2.C7H16N2/c1-4-10-6-5-8(7-10)9(2)3;1-8(2)7-4-5-9(3)6-7/h8H,4-7H2,1-3H3;7H,4-6H2,1-3H3/t8-;7-/m10/s1. The van der Waals surface area contributed by atoms with Crippen LogP contribution in [0.1, 0.15) is 19.8 Å². The molecule has 4 heteroatoms. The summed E-state index contributed by atoms with van der Waals surface area (Å²) in [5.74, 6) is 0. The summed E-state index contributed by atoms with van der Waals surface area (Å²) in [6.07, 6.45) is 2.68. The molecule has 0 radical (unpaired) electrons. The molecule has 0 spiro atoms. The van der Waals surface area contributed by atoms with Crippen molar-refractivity contribution in [1.82, 2.24) is 19.6 Å². The maximum Gasteiger partial charge on any atom is 0.0229 e. The van der Waals surface area contributed by atoms with Gasteiger partial charge in [0.15, 0.2) is 0 Å². The van der Waals surface area contributed by atoms with E-state index in [2.05, 4.69) is 61.8 Å². The minimum atomic E-state index is 0.801. The molecule has 0 aromatic rings. The van der Waals surface area contributed by atoms with E-state index in [4.69, 9.17) is 0 Å². The third kappa shape index (κ3) is 5.78. The molecule has 0 aliphatic carbocycles. The monoisotopic (exact) mass is 270 g/mol.